The third-order valence-electron chi connectivity index (χ3n) is 2.76. The number of nitrogens with one attached hydrogen (secondary N) is 1. The van der Waals surface area contributed by atoms with Crippen molar-refractivity contribution < 1.29 is 4.74 Å². The van der Waals surface area contributed by atoms with Gasteiger partial charge in [0, 0.05) is 24.5 Å². The van der Waals surface area contributed by atoms with Crippen molar-refractivity contribution in [1.29, 1.82) is 0 Å². The van der Waals surface area contributed by atoms with Crippen LogP contribution in [0, 0.1) is 0 Å². The van der Waals surface area contributed by atoms with Crippen LogP contribution in [0.15, 0.2) is 30.6 Å². The average Bonchev–Trinajstić information content (AvgIpc) is 2.81. The van der Waals surface area contributed by atoms with E-state index in [-0.39, 0.29) is 0 Å². The molecule has 0 unspecified atom stereocenters. The Morgan fingerprint density at radius 3 is 2.95 bits per heavy atom. The number of nitrogens with zero attached hydrogens (tertiary/aromatic N) is 2. The van der Waals surface area contributed by atoms with Crippen molar-refractivity contribution in [3.05, 3.63) is 41.4 Å². The summed E-state index contributed by atoms with van der Waals surface area (Å²) in [6.07, 6.45) is 4.67. The zero-order chi connectivity index (χ0) is 13.7. The summed E-state index contributed by atoms with van der Waals surface area (Å²) >= 11 is 6.03. The van der Waals surface area contributed by atoms with Crippen LogP contribution in [0.4, 0.5) is 5.69 Å². The third-order valence-corrected chi connectivity index (χ3v) is 3.00. The molecule has 1 heterocycles. The van der Waals surface area contributed by atoms with Gasteiger partial charge in [-0.25, -0.2) is 4.98 Å². The zero-order valence-electron chi connectivity index (χ0n) is 11.2. The number of aromatic nitrogens is 2. The van der Waals surface area contributed by atoms with E-state index in [9.17, 15) is 0 Å². The molecule has 1 N–H and O–H groups in total. The Morgan fingerprint density at radius 2 is 2.26 bits per heavy atom. The summed E-state index contributed by atoms with van der Waals surface area (Å²) in [6, 6.07) is 5.59. The molecule has 0 fully saturated rings. The Balaban J connectivity index is 2.09. The highest BCUT2D eigenvalue weighted by atomic mass is 35.5. The third kappa shape index (κ3) is 3.64. The molecule has 0 radical (unpaired) electrons. The molecular formula is C14H18ClN3O. The minimum absolute atomic E-state index is 0.631. The van der Waals surface area contributed by atoms with E-state index in [0.717, 1.165) is 23.7 Å². The number of imidazole rings is 1. The Labute approximate surface area is 118 Å². The zero-order valence-corrected chi connectivity index (χ0v) is 11.9. The molecule has 2 rings (SSSR count). The number of rotatable bonds is 6. The van der Waals surface area contributed by atoms with Gasteiger partial charge in [-0.15, -0.1) is 0 Å². The van der Waals surface area contributed by atoms with Gasteiger partial charge < -0.3 is 14.6 Å². The highest BCUT2D eigenvalue weighted by Gasteiger charge is 2.06. The highest BCUT2D eigenvalue weighted by molar-refractivity contribution is 6.30. The number of hydrogen-bond donors (Lipinski definition) is 1. The Bertz CT molecular complexity index is 539. The predicted octanol–water partition coefficient (Wildman–Crippen LogP) is 3.47. The van der Waals surface area contributed by atoms with Crippen molar-refractivity contribution in [2.75, 3.05) is 11.9 Å². The van der Waals surface area contributed by atoms with Crippen LogP contribution in [0.5, 0.6) is 5.75 Å². The monoisotopic (exact) mass is 279 g/mol. The molecule has 0 atom stereocenters. The van der Waals surface area contributed by atoms with Crippen LogP contribution in [-0.4, -0.2) is 16.2 Å². The summed E-state index contributed by atoms with van der Waals surface area (Å²) < 4.78 is 7.67. The molecule has 4 nitrogen and oxygen atoms in total. The first kappa shape index (κ1) is 13.7. The minimum atomic E-state index is 0.631. The van der Waals surface area contributed by atoms with Crippen LogP contribution in [-0.2, 0) is 13.6 Å². The fraction of sp³-hybridized carbons (Fsp3) is 0.357. The number of aryl methyl sites for hydroxylation is 1. The smallest absolute Gasteiger partial charge is 0.142 e. The Hall–Kier alpha value is -1.68. The molecule has 102 valence electrons. The van der Waals surface area contributed by atoms with Gasteiger partial charge in [0.15, 0.2) is 0 Å². The standard InChI is InChI=1S/C14H18ClN3O/c1-3-8-19-13-5-4-11(15)9-12(13)17-10-14-16-6-7-18(14)2/h4-7,9,17H,3,8,10H2,1-2H3. The summed E-state index contributed by atoms with van der Waals surface area (Å²) in [5, 5.41) is 4.00. The van der Waals surface area contributed by atoms with Gasteiger partial charge in [-0.3, -0.25) is 0 Å². The highest BCUT2D eigenvalue weighted by Crippen LogP contribution is 2.28. The number of anilines is 1. The van der Waals surface area contributed by atoms with Crippen molar-refractivity contribution in [3.8, 4) is 5.75 Å². The molecule has 0 aliphatic carbocycles. The lowest BCUT2D eigenvalue weighted by molar-refractivity contribution is 0.319. The van der Waals surface area contributed by atoms with E-state index >= 15 is 0 Å². The summed E-state index contributed by atoms with van der Waals surface area (Å²) in [6.45, 7) is 3.40. The first-order valence-corrected chi connectivity index (χ1v) is 6.71. The van der Waals surface area contributed by atoms with Crippen molar-refractivity contribution in [2.45, 2.75) is 19.9 Å². The Morgan fingerprint density at radius 1 is 1.42 bits per heavy atom. The molecule has 0 spiro atoms. The number of ether oxygens (including phenoxy) is 1. The Kier molecular flexibility index (Phi) is 4.68. The molecular weight excluding hydrogens is 262 g/mol. The topological polar surface area (TPSA) is 39.1 Å². The molecule has 0 bridgehead atoms. The minimum Gasteiger partial charge on any atom is -0.491 e. The summed E-state index contributed by atoms with van der Waals surface area (Å²) in [7, 11) is 1.97. The van der Waals surface area contributed by atoms with E-state index in [2.05, 4.69) is 17.2 Å². The SMILES string of the molecule is CCCOc1ccc(Cl)cc1NCc1nccn1C. The second kappa shape index (κ2) is 6.48. The maximum absolute atomic E-state index is 6.03. The van der Waals surface area contributed by atoms with Crippen LogP contribution < -0.4 is 10.1 Å². The molecule has 0 aliphatic rings. The maximum Gasteiger partial charge on any atom is 0.142 e. The van der Waals surface area contributed by atoms with Gasteiger partial charge >= 0.3 is 0 Å². The van der Waals surface area contributed by atoms with E-state index in [1.165, 1.54) is 0 Å². The van der Waals surface area contributed by atoms with Gasteiger partial charge in [0.25, 0.3) is 0 Å². The summed E-state index contributed by atoms with van der Waals surface area (Å²) in [5.74, 6) is 1.78. The van der Waals surface area contributed by atoms with Gasteiger partial charge in [-0.2, -0.15) is 0 Å². The molecule has 0 amide bonds. The van der Waals surface area contributed by atoms with Crippen molar-refractivity contribution in [2.24, 2.45) is 7.05 Å². The molecule has 2 aromatic rings. The fourth-order valence-electron chi connectivity index (χ4n) is 1.72. The lowest BCUT2D eigenvalue weighted by Gasteiger charge is -2.13. The van der Waals surface area contributed by atoms with Gasteiger partial charge in [-0.1, -0.05) is 18.5 Å². The van der Waals surface area contributed by atoms with Crippen LogP contribution in [0.2, 0.25) is 5.02 Å². The van der Waals surface area contributed by atoms with E-state index in [1.807, 2.05) is 36.0 Å². The largest absolute Gasteiger partial charge is 0.491 e. The molecule has 0 aliphatic heterocycles. The number of halogens is 1. The van der Waals surface area contributed by atoms with Gasteiger partial charge in [0.1, 0.15) is 11.6 Å². The molecule has 0 saturated carbocycles. The van der Waals surface area contributed by atoms with Crippen molar-refractivity contribution in [1.82, 2.24) is 9.55 Å². The summed E-state index contributed by atoms with van der Waals surface area (Å²) in [5.41, 5.74) is 0.893. The van der Waals surface area contributed by atoms with Gasteiger partial charge in [-0.05, 0) is 24.6 Å². The van der Waals surface area contributed by atoms with E-state index < -0.39 is 0 Å². The molecule has 1 aromatic carbocycles. The fourth-order valence-corrected chi connectivity index (χ4v) is 1.89. The first-order valence-electron chi connectivity index (χ1n) is 6.33. The number of hydrogen-bond acceptors (Lipinski definition) is 3. The van der Waals surface area contributed by atoms with Crippen molar-refractivity contribution in [3.63, 3.8) is 0 Å². The molecule has 5 heteroatoms. The van der Waals surface area contributed by atoms with Crippen LogP contribution in [0.1, 0.15) is 19.2 Å². The van der Waals surface area contributed by atoms with E-state index in [0.29, 0.717) is 18.2 Å². The molecule has 0 saturated heterocycles. The quantitative estimate of drug-likeness (QED) is 0.880. The van der Waals surface area contributed by atoms with Crippen LogP contribution >= 0.6 is 11.6 Å². The van der Waals surface area contributed by atoms with Gasteiger partial charge in [0.2, 0.25) is 0 Å². The number of benzene rings is 1. The second-order valence-corrected chi connectivity index (χ2v) is 4.73. The van der Waals surface area contributed by atoms with E-state index in [4.69, 9.17) is 16.3 Å². The maximum atomic E-state index is 6.03. The van der Waals surface area contributed by atoms with Crippen LogP contribution in [0.25, 0.3) is 0 Å². The summed E-state index contributed by atoms with van der Waals surface area (Å²) in [4.78, 5) is 4.27. The second-order valence-electron chi connectivity index (χ2n) is 4.30. The lowest BCUT2D eigenvalue weighted by atomic mass is 10.3. The van der Waals surface area contributed by atoms with Gasteiger partial charge in [0.05, 0.1) is 18.8 Å². The first-order chi connectivity index (χ1) is 9.20. The predicted molar refractivity (Wildman–Crippen MR) is 77.8 cm³/mol. The average molecular weight is 280 g/mol. The normalized spacial score (nSPS) is 10.5. The molecule has 1 aromatic heterocycles. The molecule has 19 heavy (non-hydrogen) atoms. The van der Waals surface area contributed by atoms with Crippen LogP contribution in [0.3, 0.4) is 0 Å². The lowest BCUT2D eigenvalue weighted by Crippen LogP contribution is -2.07. The van der Waals surface area contributed by atoms with Crippen molar-refractivity contribution >= 4 is 17.3 Å². The van der Waals surface area contributed by atoms with E-state index in [1.54, 1.807) is 6.20 Å².